The number of terminal acetylenes is 1. The molecule has 3 nitrogen and oxygen atoms in total. The van der Waals surface area contributed by atoms with Crippen LogP contribution in [0.2, 0.25) is 0 Å². The van der Waals surface area contributed by atoms with Crippen LogP contribution in [0.25, 0.3) is 0 Å². The van der Waals surface area contributed by atoms with Crippen LogP contribution in [0.5, 0.6) is 0 Å². The summed E-state index contributed by atoms with van der Waals surface area (Å²) < 4.78 is 5.16. The van der Waals surface area contributed by atoms with Gasteiger partial charge >= 0.3 is 5.97 Å². The topological polar surface area (TPSA) is 46.5 Å². The van der Waals surface area contributed by atoms with E-state index < -0.39 is 12.1 Å². The molecule has 0 aliphatic heterocycles. The first-order valence-corrected chi connectivity index (χ1v) is 5.62. The van der Waals surface area contributed by atoms with E-state index in [4.69, 9.17) is 16.3 Å². The van der Waals surface area contributed by atoms with Crippen molar-refractivity contribution in [3.05, 3.63) is 34.9 Å². The van der Waals surface area contributed by atoms with Gasteiger partial charge in [-0.15, -0.1) is 6.42 Å². The Kier molecular flexibility index (Phi) is 3.46. The lowest BCUT2D eigenvalue weighted by molar-refractivity contribution is -0.149. The number of rotatable bonds is 4. The van der Waals surface area contributed by atoms with Crippen molar-refractivity contribution in [2.75, 3.05) is 6.61 Å². The van der Waals surface area contributed by atoms with Gasteiger partial charge in [-0.2, -0.15) is 0 Å². The van der Waals surface area contributed by atoms with Gasteiger partial charge in [0.05, 0.1) is 0 Å². The van der Waals surface area contributed by atoms with Gasteiger partial charge in [-0.1, -0.05) is 24.1 Å². The van der Waals surface area contributed by atoms with Crippen LogP contribution in [-0.2, 0) is 22.4 Å². The first kappa shape index (κ1) is 11.7. The summed E-state index contributed by atoms with van der Waals surface area (Å²) in [6.45, 7) is 0.00799. The molecule has 17 heavy (non-hydrogen) atoms. The molecule has 1 unspecified atom stereocenters. The summed E-state index contributed by atoms with van der Waals surface area (Å²) in [5, 5.41) is 9.11. The van der Waals surface area contributed by atoms with E-state index in [2.05, 4.69) is 5.92 Å². The van der Waals surface area contributed by atoms with E-state index >= 15 is 0 Å². The molecule has 0 bridgehead atoms. The normalized spacial score (nSPS) is 15.0. The van der Waals surface area contributed by atoms with E-state index in [1.54, 1.807) is 0 Å². The third-order valence-corrected chi connectivity index (χ3v) is 2.98. The molecular formula is C14H14O3. The van der Waals surface area contributed by atoms with Crippen molar-refractivity contribution >= 4 is 5.97 Å². The first-order chi connectivity index (χ1) is 8.22. The zero-order valence-corrected chi connectivity index (χ0v) is 9.48. The van der Waals surface area contributed by atoms with E-state index in [0.717, 1.165) is 19.3 Å². The number of carboxylic acid groups (broad SMARTS) is 1. The highest BCUT2D eigenvalue weighted by Gasteiger charge is 2.22. The fourth-order valence-corrected chi connectivity index (χ4v) is 2.20. The van der Waals surface area contributed by atoms with Crippen molar-refractivity contribution in [3.8, 4) is 12.3 Å². The highest BCUT2D eigenvalue weighted by atomic mass is 16.5. The van der Waals surface area contributed by atoms with Crippen LogP contribution in [0, 0.1) is 12.3 Å². The van der Waals surface area contributed by atoms with Gasteiger partial charge in [0.1, 0.15) is 6.61 Å². The third kappa shape index (κ3) is 2.48. The quantitative estimate of drug-likeness (QED) is 0.804. The number of aryl methyl sites for hydroxylation is 2. The van der Waals surface area contributed by atoms with Crippen LogP contribution in [-0.4, -0.2) is 17.7 Å². The fraction of sp³-hybridized carbons (Fsp3) is 0.357. The Hall–Kier alpha value is -1.79. The third-order valence-electron chi connectivity index (χ3n) is 2.98. The van der Waals surface area contributed by atoms with Gasteiger partial charge in [-0.3, -0.25) is 0 Å². The van der Waals surface area contributed by atoms with Gasteiger partial charge in [0, 0.05) is 0 Å². The molecule has 1 atom stereocenters. The smallest absolute Gasteiger partial charge is 0.337 e. The molecule has 2 rings (SSSR count). The van der Waals surface area contributed by atoms with Gasteiger partial charge in [0.2, 0.25) is 0 Å². The molecule has 0 aromatic heterocycles. The number of carboxylic acids is 1. The number of ether oxygens (including phenoxy) is 1. The fourth-order valence-electron chi connectivity index (χ4n) is 2.20. The number of fused-ring (bicyclic) bond motifs is 1. The Bertz CT molecular complexity index is 471. The van der Waals surface area contributed by atoms with Crippen LogP contribution in [0.1, 0.15) is 29.2 Å². The molecule has 0 spiro atoms. The molecule has 0 saturated carbocycles. The van der Waals surface area contributed by atoms with Crippen LogP contribution in [0.15, 0.2) is 18.2 Å². The molecule has 1 aromatic rings. The number of aliphatic carboxylic acids is 1. The number of benzene rings is 1. The summed E-state index contributed by atoms with van der Waals surface area (Å²) in [4.78, 5) is 11.1. The summed E-state index contributed by atoms with van der Waals surface area (Å²) in [6, 6.07) is 5.74. The molecular weight excluding hydrogens is 216 g/mol. The van der Waals surface area contributed by atoms with Crippen molar-refractivity contribution in [2.45, 2.75) is 25.4 Å². The summed E-state index contributed by atoms with van der Waals surface area (Å²) in [7, 11) is 0. The minimum atomic E-state index is -1.00. The second kappa shape index (κ2) is 5.03. The number of carbonyl (C=O) groups is 1. The molecule has 0 radical (unpaired) electrons. The van der Waals surface area contributed by atoms with E-state index in [-0.39, 0.29) is 6.61 Å². The molecule has 0 amide bonds. The molecule has 0 fully saturated rings. The Morgan fingerprint density at radius 2 is 2.24 bits per heavy atom. The van der Waals surface area contributed by atoms with E-state index in [1.807, 2.05) is 18.2 Å². The zero-order valence-electron chi connectivity index (χ0n) is 9.48. The zero-order chi connectivity index (χ0) is 12.3. The standard InChI is InChI=1S/C14H14O3/c1-2-8-17-13(14(15)16)12-7-6-10-4-3-5-11(10)9-12/h1,6-7,9,13H,3-5,8H2,(H,15,16). The highest BCUT2D eigenvalue weighted by Crippen LogP contribution is 2.26. The minimum Gasteiger partial charge on any atom is -0.479 e. The van der Waals surface area contributed by atoms with Crippen molar-refractivity contribution in [1.29, 1.82) is 0 Å². The minimum absolute atomic E-state index is 0.00799. The molecule has 1 aromatic carbocycles. The number of hydrogen-bond donors (Lipinski definition) is 1. The molecule has 88 valence electrons. The van der Waals surface area contributed by atoms with Crippen molar-refractivity contribution in [3.63, 3.8) is 0 Å². The van der Waals surface area contributed by atoms with Crippen molar-refractivity contribution < 1.29 is 14.6 Å². The Labute approximate surface area is 100 Å². The predicted octanol–water partition coefficient (Wildman–Crippen LogP) is 1.95. The van der Waals surface area contributed by atoms with Gasteiger partial charge in [-0.25, -0.2) is 4.79 Å². The monoisotopic (exact) mass is 230 g/mol. The highest BCUT2D eigenvalue weighted by molar-refractivity contribution is 5.74. The van der Waals surface area contributed by atoms with Gasteiger partial charge in [0.15, 0.2) is 6.10 Å². The molecule has 1 aliphatic rings. The van der Waals surface area contributed by atoms with Crippen LogP contribution in [0.4, 0.5) is 0 Å². The molecule has 3 heteroatoms. The molecule has 1 aliphatic carbocycles. The van der Waals surface area contributed by atoms with Crippen LogP contribution in [0.3, 0.4) is 0 Å². The van der Waals surface area contributed by atoms with Gasteiger partial charge in [-0.05, 0) is 36.0 Å². The second-order valence-corrected chi connectivity index (χ2v) is 4.12. The Balaban J connectivity index is 2.24. The van der Waals surface area contributed by atoms with Crippen molar-refractivity contribution in [2.24, 2.45) is 0 Å². The summed E-state index contributed by atoms with van der Waals surface area (Å²) >= 11 is 0. The largest absolute Gasteiger partial charge is 0.479 e. The number of hydrogen-bond acceptors (Lipinski definition) is 2. The Morgan fingerprint density at radius 1 is 1.47 bits per heavy atom. The molecule has 0 saturated heterocycles. The van der Waals surface area contributed by atoms with Crippen LogP contribution < -0.4 is 0 Å². The molecule has 0 heterocycles. The van der Waals surface area contributed by atoms with E-state index in [0.29, 0.717) is 5.56 Å². The maximum Gasteiger partial charge on any atom is 0.337 e. The average molecular weight is 230 g/mol. The van der Waals surface area contributed by atoms with Gasteiger partial charge in [0.25, 0.3) is 0 Å². The lowest BCUT2D eigenvalue weighted by Gasteiger charge is -2.13. The lowest BCUT2D eigenvalue weighted by Crippen LogP contribution is -2.15. The summed E-state index contributed by atoms with van der Waals surface area (Å²) in [5.74, 6) is 1.29. The summed E-state index contributed by atoms with van der Waals surface area (Å²) in [5.41, 5.74) is 3.22. The Morgan fingerprint density at radius 3 is 2.94 bits per heavy atom. The van der Waals surface area contributed by atoms with Crippen molar-refractivity contribution in [1.82, 2.24) is 0 Å². The molecule has 1 N–H and O–H groups in total. The second-order valence-electron chi connectivity index (χ2n) is 4.12. The SMILES string of the molecule is C#CCOC(C(=O)O)c1ccc2c(c1)CCC2. The van der Waals surface area contributed by atoms with Crippen LogP contribution >= 0.6 is 0 Å². The lowest BCUT2D eigenvalue weighted by atomic mass is 10.0. The average Bonchev–Trinajstić information content (AvgIpc) is 2.76. The van der Waals surface area contributed by atoms with Gasteiger partial charge < -0.3 is 9.84 Å². The maximum absolute atomic E-state index is 11.1. The van der Waals surface area contributed by atoms with E-state index in [9.17, 15) is 4.79 Å². The predicted molar refractivity (Wildman–Crippen MR) is 63.6 cm³/mol. The first-order valence-electron chi connectivity index (χ1n) is 5.62. The summed E-state index contributed by atoms with van der Waals surface area (Å²) in [6.07, 6.45) is 7.36. The van der Waals surface area contributed by atoms with E-state index in [1.165, 1.54) is 11.1 Å². The maximum atomic E-state index is 11.1.